The maximum atomic E-state index is 13.0. The van der Waals surface area contributed by atoms with Crippen molar-refractivity contribution < 1.29 is 18.3 Å². The molecule has 0 saturated carbocycles. The van der Waals surface area contributed by atoms with Gasteiger partial charge >= 0.3 is 0 Å². The first-order chi connectivity index (χ1) is 9.51. The van der Waals surface area contributed by atoms with Crippen LogP contribution in [0.4, 0.5) is 14.5 Å². The Labute approximate surface area is 123 Å². The van der Waals surface area contributed by atoms with Crippen LogP contribution in [0.15, 0.2) is 40.9 Å². The summed E-state index contributed by atoms with van der Waals surface area (Å²) in [5.41, 5.74) is 5.53. The molecule has 6 heteroatoms. The van der Waals surface area contributed by atoms with Crippen molar-refractivity contribution >= 4 is 21.6 Å². The maximum Gasteiger partial charge on any atom is 0.267 e. The third-order valence-electron chi connectivity index (χ3n) is 2.63. The predicted octanol–water partition coefficient (Wildman–Crippen LogP) is 4.77. The van der Waals surface area contributed by atoms with Gasteiger partial charge in [-0.3, -0.25) is 0 Å². The SMILES string of the molecule is COc1ccc(Oc2ccc(N)cc2C(F)F)c(Br)c1. The third-order valence-corrected chi connectivity index (χ3v) is 3.25. The predicted molar refractivity (Wildman–Crippen MR) is 76.6 cm³/mol. The molecule has 2 aromatic rings. The molecule has 20 heavy (non-hydrogen) atoms. The molecule has 0 fully saturated rings. The summed E-state index contributed by atoms with van der Waals surface area (Å²) in [7, 11) is 1.54. The van der Waals surface area contributed by atoms with Gasteiger partial charge in [-0.2, -0.15) is 0 Å². The van der Waals surface area contributed by atoms with Gasteiger partial charge in [-0.05, 0) is 52.3 Å². The molecular formula is C14H12BrF2NO2. The lowest BCUT2D eigenvalue weighted by Gasteiger charge is -2.13. The van der Waals surface area contributed by atoms with Crippen LogP contribution in [-0.4, -0.2) is 7.11 Å². The lowest BCUT2D eigenvalue weighted by molar-refractivity contribution is 0.148. The molecular weight excluding hydrogens is 332 g/mol. The lowest BCUT2D eigenvalue weighted by atomic mass is 10.2. The van der Waals surface area contributed by atoms with E-state index < -0.39 is 6.43 Å². The van der Waals surface area contributed by atoms with Crippen molar-refractivity contribution in [2.75, 3.05) is 12.8 Å². The molecule has 0 unspecified atom stereocenters. The Bertz CT molecular complexity index is 620. The number of benzene rings is 2. The van der Waals surface area contributed by atoms with Crippen molar-refractivity contribution in [2.24, 2.45) is 0 Å². The van der Waals surface area contributed by atoms with E-state index in [1.165, 1.54) is 25.3 Å². The molecule has 0 saturated heterocycles. The van der Waals surface area contributed by atoms with E-state index in [0.29, 0.717) is 16.0 Å². The van der Waals surface area contributed by atoms with Crippen LogP contribution in [0, 0.1) is 0 Å². The summed E-state index contributed by atoms with van der Waals surface area (Å²) < 4.78 is 37.1. The average Bonchev–Trinajstić information content (AvgIpc) is 2.42. The number of methoxy groups -OCH3 is 1. The van der Waals surface area contributed by atoms with Crippen molar-refractivity contribution in [3.63, 3.8) is 0 Å². The number of nitrogens with two attached hydrogens (primary N) is 1. The molecule has 2 N–H and O–H groups in total. The van der Waals surface area contributed by atoms with Gasteiger partial charge in [0.15, 0.2) is 0 Å². The van der Waals surface area contributed by atoms with E-state index in [1.807, 2.05) is 0 Å². The van der Waals surface area contributed by atoms with E-state index in [1.54, 1.807) is 18.2 Å². The maximum absolute atomic E-state index is 13.0. The van der Waals surface area contributed by atoms with E-state index in [0.717, 1.165) is 0 Å². The molecule has 0 radical (unpaired) electrons. The van der Waals surface area contributed by atoms with Crippen molar-refractivity contribution in [3.8, 4) is 17.2 Å². The second kappa shape index (κ2) is 6.09. The minimum Gasteiger partial charge on any atom is -0.497 e. The molecule has 0 spiro atoms. The summed E-state index contributed by atoms with van der Waals surface area (Å²) in [5.74, 6) is 1.12. The molecule has 2 rings (SSSR count). The van der Waals surface area contributed by atoms with Crippen LogP contribution >= 0.6 is 15.9 Å². The van der Waals surface area contributed by atoms with Gasteiger partial charge in [0, 0.05) is 5.69 Å². The molecule has 0 amide bonds. The van der Waals surface area contributed by atoms with Crippen molar-refractivity contribution in [3.05, 3.63) is 46.4 Å². The highest BCUT2D eigenvalue weighted by Gasteiger charge is 2.16. The standard InChI is InChI=1S/C14H12BrF2NO2/c1-19-9-3-5-13(11(15)7-9)20-12-4-2-8(18)6-10(12)14(16)17/h2-7,14H,18H2,1H3. The first-order valence-corrected chi connectivity index (χ1v) is 6.49. The van der Waals surface area contributed by atoms with Crippen molar-refractivity contribution in [1.82, 2.24) is 0 Å². The topological polar surface area (TPSA) is 44.5 Å². The summed E-state index contributed by atoms with van der Waals surface area (Å²) in [6.07, 6.45) is -2.66. The van der Waals surface area contributed by atoms with E-state index in [9.17, 15) is 8.78 Å². The summed E-state index contributed by atoms with van der Waals surface area (Å²) >= 11 is 3.30. The third kappa shape index (κ3) is 3.19. The average molecular weight is 344 g/mol. The van der Waals surface area contributed by atoms with E-state index in [4.69, 9.17) is 15.2 Å². The van der Waals surface area contributed by atoms with Gasteiger partial charge in [-0.15, -0.1) is 0 Å². The van der Waals surface area contributed by atoms with Gasteiger partial charge < -0.3 is 15.2 Å². The van der Waals surface area contributed by atoms with Gasteiger partial charge in [-0.1, -0.05) is 0 Å². The Morgan fingerprint density at radius 1 is 1.10 bits per heavy atom. The zero-order valence-electron chi connectivity index (χ0n) is 10.6. The molecule has 0 heterocycles. The molecule has 0 aromatic heterocycles. The first-order valence-electron chi connectivity index (χ1n) is 5.70. The number of hydrogen-bond acceptors (Lipinski definition) is 3. The van der Waals surface area contributed by atoms with Crippen LogP contribution in [0.1, 0.15) is 12.0 Å². The smallest absolute Gasteiger partial charge is 0.267 e. The van der Waals surface area contributed by atoms with Gasteiger partial charge in [0.25, 0.3) is 6.43 Å². The van der Waals surface area contributed by atoms with E-state index in [2.05, 4.69) is 15.9 Å². The van der Waals surface area contributed by atoms with Gasteiger partial charge in [-0.25, -0.2) is 8.78 Å². The van der Waals surface area contributed by atoms with Crippen LogP contribution in [0.2, 0.25) is 0 Å². The largest absolute Gasteiger partial charge is 0.497 e. The summed E-state index contributed by atoms with van der Waals surface area (Å²) in [5, 5.41) is 0. The molecule has 106 valence electrons. The Morgan fingerprint density at radius 2 is 1.80 bits per heavy atom. The van der Waals surface area contributed by atoms with Crippen LogP contribution < -0.4 is 15.2 Å². The second-order valence-corrected chi connectivity index (χ2v) is 4.85. The summed E-state index contributed by atoms with van der Waals surface area (Å²) in [6.45, 7) is 0. The Morgan fingerprint density at radius 3 is 2.40 bits per heavy atom. The van der Waals surface area contributed by atoms with Crippen LogP contribution in [0.5, 0.6) is 17.2 Å². The fourth-order valence-electron chi connectivity index (χ4n) is 1.64. The van der Waals surface area contributed by atoms with Gasteiger partial charge in [0.1, 0.15) is 17.2 Å². The molecule has 2 aromatic carbocycles. The summed E-state index contributed by atoms with van der Waals surface area (Å²) in [6, 6.07) is 9.15. The normalized spacial score (nSPS) is 10.7. The monoisotopic (exact) mass is 343 g/mol. The molecule has 0 atom stereocenters. The van der Waals surface area contributed by atoms with E-state index in [-0.39, 0.29) is 17.0 Å². The van der Waals surface area contributed by atoms with Crippen molar-refractivity contribution in [2.45, 2.75) is 6.43 Å². The highest BCUT2D eigenvalue weighted by Crippen LogP contribution is 2.37. The number of halogens is 3. The number of rotatable bonds is 4. The Kier molecular flexibility index (Phi) is 4.44. The molecule has 0 aliphatic carbocycles. The van der Waals surface area contributed by atoms with Crippen molar-refractivity contribution in [1.29, 1.82) is 0 Å². The molecule has 0 aliphatic heterocycles. The summed E-state index contributed by atoms with van der Waals surface area (Å²) in [4.78, 5) is 0. The minimum absolute atomic E-state index is 0.0695. The molecule has 0 aliphatic rings. The highest BCUT2D eigenvalue weighted by molar-refractivity contribution is 9.10. The van der Waals surface area contributed by atoms with Crippen LogP contribution in [0.25, 0.3) is 0 Å². The van der Waals surface area contributed by atoms with Crippen LogP contribution in [0.3, 0.4) is 0 Å². The number of nitrogen functional groups attached to an aromatic ring is 1. The van der Waals surface area contributed by atoms with Gasteiger partial charge in [0.2, 0.25) is 0 Å². The Hall–Kier alpha value is -1.82. The highest BCUT2D eigenvalue weighted by atomic mass is 79.9. The zero-order chi connectivity index (χ0) is 14.7. The fourth-order valence-corrected chi connectivity index (χ4v) is 2.08. The first kappa shape index (κ1) is 14.6. The Balaban J connectivity index is 2.35. The number of ether oxygens (including phenoxy) is 2. The molecule has 0 bridgehead atoms. The lowest BCUT2D eigenvalue weighted by Crippen LogP contribution is -1.95. The number of hydrogen-bond donors (Lipinski definition) is 1. The van der Waals surface area contributed by atoms with Crippen LogP contribution in [-0.2, 0) is 0 Å². The second-order valence-electron chi connectivity index (χ2n) is 4.00. The number of alkyl halides is 2. The quantitative estimate of drug-likeness (QED) is 0.813. The van der Waals surface area contributed by atoms with Gasteiger partial charge in [0.05, 0.1) is 17.1 Å². The van der Waals surface area contributed by atoms with E-state index >= 15 is 0 Å². The molecule has 3 nitrogen and oxygen atoms in total. The minimum atomic E-state index is -2.66. The number of anilines is 1. The fraction of sp³-hybridized carbons (Fsp3) is 0.143. The zero-order valence-corrected chi connectivity index (χ0v) is 12.2.